The second-order valence-corrected chi connectivity index (χ2v) is 11.1. The Balaban J connectivity index is 1.40. The number of aromatic nitrogens is 5. The molecule has 218 valence electrons. The number of aryl methyl sites for hydroxylation is 1. The van der Waals surface area contributed by atoms with E-state index in [2.05, 4.69) is 26.8 Å². The van der Waals surface area contributed by atoms with Gasteiger partial charge in [0.25, 0.3) is 0 Å². The van der Waals surface area contributed by atoms with Gasteiger partial charge in [-0.2, -0.15) is 19.0 Å². The van der Waals surface area contributed by atoms with Crippen LogP contribution in [0, 0.1) is 5.82 Å². The van der Waals surface area contributed by atoms with Crippen molar-refractivity contribution in [2.75, 3.05) is 30.6 Å². The lowest BCUT2D eigenvalue weighted by atomic mass is 10.0. The molecule has 2 aromatic carbocycles. The highest BCUT2D eigenvalue weighted by Crippen LogP contribution is 2.41. The van der Waals surface area contributed by atoms with Gasteiger partial charge in [0.1, 0.15) is 29.2 Å². The number of hydrogen-bond donors (Lipinski definition) is 2. The minimum atomic E-state index is -2.63. The van der Waals surface area contributed by atoms with E-state index in [0.717, 1.165) is 35.3 Å². The first-order valence-electron chi connectivity index (χ1n) is 13.3. The molecular weight excluding hydrogens is 565 g/mol. The van der Waals surface area contributed by atoms with Gasteiger partial charge in [0.2, 0.25) is 0 Å². The zero-order valence-corrected chi connectivity index (χ0v) is 23.9. The zero-order chi connectivity index (χ0) is 29.5. The molecule has 5 aromatic rings. The topological polar surface area (TPSA) is 99.0 Å². The van der Waals surface area contributed by atoms with Crippen LogP contribution in [0.15, 0.2) is 61.1 Å². The highest BCUT2D eigenvalue weighted by Gasteiger charge is 2.26. The SMILES string of the molecule is CC(Oc1cc(-c2nn(C)c3c(-c4cnn(C5CN(C)C5)c4)cnc(N)c23)ccc1NSC(F)F)c1ccc(F)cc1. The highest BCUT2D eigenvalue weighted by molar-refractivity contribution is 8.00. The Morgan fingerprint density at radius 1 is 1.07 bits per heavy atom. The fraction of sp³-hybridized carbons (Fsp3) is 0.276. The van der Waals surface area contributed by atoms with E-state index in [-0.39, 0.29) is 17.8 Å². The van der Waals surface area contributed by atoms with Crippen LogP contribution in [-0.2, 0) is 7.05 Å². The summed E-state index contributed by atoms with van der Waals surface area (Å²) in [6.45, 7) is 3.69. The highest BCUT2D eigenvalue weighted by atomic mass is 32.2. The van der Waals surface area contributed by atoms with Crippen LogP contribution in [0.2, 0.25) is 0 Å². The van der Waals surface area contributed by atoms with Crippen molar-refractivity contribution in [3.63, 3.8) is 0 Å². The second kappa shape index (κ2) is 11.2. The third-order valence-corrected chi connectivity index (χ3v) is 7.89. The Bertz CT molecular complexity index is 1730. The van der Waals surface area contributed by atoms with Gasteiger partial charge in [0.15, 0.2) is 0 Å². The zero-order valence-electron chi connectivity index (χ0n) is 23.1. The summed E-state index contributed by atoms with van der Waals surface area (Å²) < 4.78 is 52.2. The summed E-state index contributed by atoms with van der Waals surface area (Å²) in [7, 11) is 3.91. The molecule has 1 unspecified atom stereocenters. The van der Waals surface area contributed by atoms with Crippen molar-refractivity contribution >= 4 is 34.4 Å². The van der Waals surface area contributed by atoms with Gasteiger partial charge in [-0.1, -0.05) is 18.2 Å². The van der Waals surface area contributed by atoms with Crippen molar-refractivity contribution in [1.29, 1.82) is 0 Å². The molecular formula is C29H29F3N8OS. The Kier molecular flexibility index (Phi) is 7.45. The van der Waals surface area contributed by atoms with Crippen LogP contribution >= 0.6 is 11.9 Å². The standard InChI is InChI=1S/C29H29F3N8OS/c1-16(17-4-7-20(30)8-5-17)41-24-10-18(6-9-23(24)37-42-29(31)32)26-25-27(39(3)36-26)22(12-34-28(25)33)19-11-35-40(13-19)21-14-38(2)15-21/h4-13,16,21,29,37H,14-15H2,1-3H3,(H2,33,34). The van der Waals surface area contributed by atoms with Crippen LogP contribution in [-0.4, -0.2) is 55.3 Å². The van der Waals surface area contributed by atoms with Crippen LogP contribution in [0.25, 0.3) is 33.3 Å². The van der Waals surface area contributed by atoms with Gasteiger partial charge in [-0.3, -0.25) is 9.36 Å². The van der Waals surface area contributed by atoms with Gasteiger partial charge in [0.05, 0.1) is 28.8 Å². The molecule has 0 bridgehead atoms. The Morgan fingerprint density at radius 2 is 1.83 bits per heavy atom. The molecule has 4 heterocycles. The molecule has 3 aromatic heterocycles. The van der Waals surface area contributed by atoms with Gasteiger partial charge in [0, 0.05) is 61.2 Å². The maximum absolute atomic E-state index is 13.5. The lowest BCUT2D eigenvalue weighted by Gasteiger charge is -2.36. The first-order valence-corrected chi connectivity index (χ1v) is 14.2. The molecule has 1 aliphatic heterocycles. The van der Waals surface area contributed by atoms with Crippen LogP contribution in [0.1, 0.15) is 24.6 Å². The maximum Gasteiger partial charge on any atom is 0.302 e. The molecule has 0 aliphatic carbocycles. The summed E-state index contributed by atoms with van der Waals surface area (Å²) in [5.41, 5.74) is 11.3. The summed E-state index contributed by atoms with van der Waals surface area (Å²) in [6, 6.07) is 11.4. The van der Waals surface area contributed by atoms with E-state index in [0.29, 0.717) is 39.9 Å². The molecule has 13 heteroatoms. The summed E-state index contributed by atoms with van der Waals surface area (Å²) in [5, 5.41) is 10.0. The molecule has 1 aliphatic rings. The molecule has 1 saturated heterocycles. The van der Waals surface area contributed by atoms with Crippen molar-refractivity contribution in [3.05, 3.63) is 72.4 Å². The van der Waals surface area contributed by atoms with Gasteiger partial charge in [-0.15, -0.1) is 0 Å². The van der Waals surface area contributed by atoms with Crippen molar-refractivity contribution in [1.82, 2.24) is 29.4 Å². The molecule has 6 rings (SSSR count). The number of rotatable bonds is 9. The predicted molar refractivity (Wildman–Crippen MR) is 159 cm³/mol. The number of fused-ring (bicyclic) bond motifs is 1. The van der Waals surface area contributed by atoms with Crippen LogP contribution in [0.3, 0.4) is 0 Å². The molecule has 0 spiro atoms. The summed E-state index contributed by atoms with van der Waals surface area (Å²) in [5.74, 6) is -2.36. The Morgan fingerprint density at radius 3 is 2.55 bits per heavy atom. The van der Waals surface area contributed by atoms with Gasteiger partial charge in [-0.05, 0) is 43.8 Å². The first-order chi connectivity index (χ1) is 20.2. The largest absolute Gasteiger partial charge is 0.484 e. The molecule has 0 amide bonds. The van der Waals surface area contributed by atoms with E-state index in [4.69, 9.17) is 15.6 Å². The van der Waals surface area contributed by atoms with E-state index >= 15 is 0 Å². The fourth-order valence-electron chi connectivity index (χ4n) is 5.21. The fourth-order valence-corrected chi connectivity index (χ4v) is 5.60. The van der Waals surface area contributed by atoms with Crippen molar-refractivity contribution in [2.45, 2.75) is 24.8 Å². The van der Waals surface area contributed by atoms with Crippen molar-refractivity contribution in [3.8, 4) is 28.1 Å². The first kappa shape index (κ1) is 27.9. The molecule has 1 atom stereocenters. The number of halogens is 3. The number of nitrogens with two attached hydrogens (primary N) is 1. The number of benzene rings is 2. The predicted octanol–water partition coefficient (Wildman–Crippen LogP) is 6.13. The maximum atomic E-state index is 13.5. The summed E-state index contributed by atoms with van der Waals surface area (Å²) >= 11 is 0.270. The van der Waals surface area contributed by atoms with Crippen LogP contribution in [0.5, 0.6) is 5.75 Å². The number of nitrogen functional groups attached to an aromatic ring is 1. The van der Waals surface area contributed by atoms with Gasteiger partial charge in [-0.25, -0.2) is 9.37 Å². The molecule has 3 N–H and O–H groups in total. The summed E-state index contributed by atoms with van der Waals surface area (Å²) in [6.07, 6.45) is 5.07. The van der Waals surface area contributed by atoms with Crippen LogP contribution < -0.4 is 15.2 Å². The number of anilines is 2. The van der Waals surface area contributed by atoms with E-state index in [1.807, 2.05) is 24.1 Å². The number of nitrogens with zero attached hydrogens (tertiary/aromatic N) is 6. The van der Waals surface area contributed by atoms with E-state index in [1.54, 1.807) is 48.1 Å². The van der Waals surface area contributed by atoms with Crippen molar-refractivity contribution in [2.24, 2.45) is 7.05 Å². The van der Waals surface area contributed by atoms with E-state index in [9.17, 15) is 13.2 Å². The van der Waals surface area contributed by atoms with Gasteiger partial charge >= 0.3 is 5.76 Å². The third-order valence-electron chi connectivity index (χ3n) is 7.38. The van der Waals surface area contributed by atoms with Gasteiger partial charge < -0.3 is 20.1 Å². The monoisotopic (exact) mass is 594 g/mol. The normalized spacial score (nSPS) is 14.8. The molecule has 1 fully saturated rings. The number of pyridine rings is 1. The Labute approximate surface area is 244 Å². The third kappa shape index (κ3) is 5.37. The lowest BCUT2D eigenvalue weighted by molar-refractivity contribution is 0.130. The lowest BCUT2D eigenvalue weighted by Crippen LogP contribution is -2.45. The Hall–Kier alpha value is -4.23. The van der Waals surface area contributed by atoms with Crippen molar-refractivity contribution < 1.29 is 17.9 Å². The smallest absolute Gasteiger partial charge is 0.302 e. The van der Waals surface area contributed by atoms with E-state index < -0.39 is 11.9 Å². The number of ether oxygens (including phenoxy) is 1. The minimum absolute atomic E-state index is 0.270. The van der Waals surface area contributed by atoms with E-state index in [1.165, 1.54) is 12.1 Å². The molecule has 0 saturated carbocycles. The molecule has 9 nitrogen and oxygen atoms in total. The average molecular weight is 595 g/mol. The quantitative estimate of drug-likeness (QED) is 0.197. The molecule has 0 radical (unpaired) electrons. The minimum Gasteiger partial charge on any atom is -0.484 e. The number of likely N-dealkylation sites (N-methyl/N-ethyl adjacent to an activating group) is 1. The number of likely N-dealkylation sites (tertiary alicyclic amines) is 1. The second-order valence-electron chi connectivity index (χ2n) is 10.3. The number of hydrogen-bond acceptors (Lipinski definition) is 8. The summed E-state index contributed by atoms with van der Waals surface area (Å²) in [4.78, 5) is 6.72. The number of nitrogens with one attached hydrogen (secondary N) is 1. The number of alkyl halides is 2. The average Bonchev–Trinajstić information content (AvgIpc) is 3.57. The molecule has 42 heavy (non-hydrogen) atoms. The van der Waals surface area contributed by atoms with Crippen LogP contribution in [0.4, 0.5) is 24.7 Å².